The van der Waals surface area contributed by atoms with Crippen LogP contribution in [-0.4, -0.2) is 85.3 Å². The van der Waals surface area contributed by atoms with Crippen molar-refractivity contribution in [2.24, 2.45) is 11.8 Å². The molecule has 3 fully saturated rings. The summed E-state index contributed by atoms with van der Waals surface area (Å²) in [6.45, 7) is 6.98. The fraction of sp³-hybridized carbons (Fsp3) is 0.632. The molecule has 1 aromatic rings. The lowest BCUT2D eigenvalue weighted by atomic mass is 9.88. The second-order valence-corrected chi connectivity index (χ2v) is 7.34. The molecule has 1 aromatic heterocycles. The molecule has 3 aliphatic rings. The Hall–Kier alpha value is -2.19. The van der Waals surface area contributed by atoms with Crippen molar-refractivity contribution in [1.82, 2.24) is 14.8 Å². The van der Waals surface area contributed by atoms with Crippen LogP contribution in [0.15, 0.2) is 18.3 Å². The first kappa shape index (κ1) is 19.6. The lowest BCUT2D eigenvalue weighted by molar-refractivity contribution is -0.137. The Bertz CT molecular complexity index is 633. The fourth-order valence-corrected chi connectivity index (χ4v) is 4.10. The summed E-state index contributed by atoms with van der Waals surface area (Å²) in [6, 6.07) is 4.29. The lowest BCUT2D eigenvalue weighted by Crippen LogP contribution is -2.42. The largest absolute Gasteiger partial charge is 0.483 e. The highest BCUT2D eigenvalue weighted by atomic mass is 16.5. The van der Waals surface area contributed by atoms with Crippen LogP contribution in [-0.2, 0) is 20.9 Å². The molecule has 27 heavy (non-hydrogen) atoms. The van der Waals surface area contributed by atoms with Crippen molar-refractivity contribution in [2.45, 2.75) is 13.0 Å². The van der Waals surface area contributed by atoms with Crippen LogP contribution in [0.1, 0.15) is 12.0 Å². The molecule has 2 atom stereocenters. The van der Waals surface area contributed by atoms with Crippen molar-refractivity contribution >= 4 is 18.2 Å². The standard InChI is InChI=1S/C18H26N4O2.CH2O2/c1-20-5-4-15-12-22(13-16(15)18(20)23)17-3-2-14(10-19-17)11-21-6-8-24-9-7-21;2-1-3/h2-3,10,15-16H,4-9,11-13H2,1H3;1H,(H,2,3)/t15-,16+;/m1./s1. The number of carbonyl (C=O) groups excluding carboxylic acids is 1. The zero-order valence-electron chi connectivity index (χ0n) is 15.8. The number of aromatic nitrogens is 1. The van der Waals surface area contributed by atoms with Crippen LogP contribution in [0.3, 0.4) is 0 Å². The molecule has 0 aromatic carbocycles. The summed E-state index contributed by atoms with van der Waals surface area (Å²) in [4.78, 5) is 31.9. The number of hydrogen-bond donors (Lipinski definition) is 1. The van der Waals surface area contributed by atoms with E-state index in [2.05, 4.69) is 26.9 Å². The Morgan fingerprint density at radius 1 is 1.26 bits per heavy atom. The number of anilines is 1. The molecule has 1 amide bonds. The average molecular weight is 376 g/mol. The SMILES string of the molecule is CN1CC[C@@H]2CN(c3ccc(CN4CCOCC4)cn3)C[C@@H]2C1=O.O=CO. The first-order valence-corrected chi connectivity index (χ1v) is 9.45. The number of nitrogens with zero attached hydrogens (tertiary/aromatic N) is 4. The Kier molecular flexibility index (Phi) is 6.63. The van der Waals surface area contributed by atoms with Gasteiger partial charge in [0.2, 0.25) is 5.91 Å². The molecule has 4 heterocycles. The first-order valence-electron chi connectivity index (χ1n) is 9.45. The van der Waals surface area contributed by atoms with Gasteiger partial charge in [0, 0.05) is 52.5 Å². The van der Waals surface area contributed by atoms with Gasteiger partial charge in [-0.15, -0.1) is 0 Å². The highest BCUT2D eigenvalue weighted by Gasteiger charge is 2.42. The number of hydrogen-bond acceptors (Lipinski definition) is 6. The summed E-state index contributed by atoms with van der Waals surface area (Å²) < 4.78 is 5.39. The third-order valence-electron chi connectivity index (χ3n) is 5.61. The Morgan fingerprint density at radius 2 is 2.00 bits per heavy atom. The van der Waals surface area contributed by atoms with Gasteiger partial charge in [0.15, 0.2) is 0 Å². The van der Waals surface area contributed by atoms with Gasteiger partial charge in [-0.25, -0.2) is 4.98 Å². The van der Waals surface area contributed by atoms with Gasteiger partial charge in [0.1, 0.15) is 5.82 Å². The average Bonchev–Trinajstić information content (AvgIpc) is 3.12. The molecular weight excluding hydrogens is 348 g/mol. The summed E-state index contributed by atoms with van der Waals surface area (Å²) in [5, 5.41) is 6.89. The van der Waals surface area contributed by atoms with Crippen LogP contribution >= 0.6 is 0 Å². The topological polar surface area (TPSA) is 86.2 Å². The molecule has 0 saturated carbocycles. The van der Waals surface area contributed by atoms with E-state index in [4.69, 9.17) is 14.6 Å². The van der Waals surface area contributed by atoms with Gasteiger partial charge >= 0.3 is 0 Å². The summed E-state index contributed by atoms with van der Waals surface area (Å²) >= 11 is 0. The van der Waals surface area contributed by atoms with E-state index in [9.17, 15) is 4.79 Å². The number of ether oxygens (including phenoxy) is 1. The highest BCUT2D eigenvalue weighted by molar-refractivity contribution is 5.81. The van der Waals surface area contributed by atoms with Gasteiger partial charge in [-0.1, -0.05) is 6.07 Å². The maximum atomic E-state index is 12.3. The number of fused-ring (bicyclic) bond motifs is 1. The minimum absolute atomic E-state index is 0.151. The van der Waals surface area contributed by atoms with Crippen LogP contribution in [0.25, 0.3) is 0 Å². The maximum Gasteiger partial charge on any atom is 0.290 e. The number of morpholine rings is 1. The van der Waals surface area contributed by atoms with Crippen molar-refractivity contribution < 1.29 is 19.4 Å². The summed E-state index contributed by atoms with van der Waals surface area (Å²) in [5.41, 5.74) is 1.24. The van der Waals surface area contributed by atoms with E-state index in [1.54, 1.807) is 0 Å². The smallest absolute Gasteiger partial charge is 0.290 e. The molecule has 4 rings (SSSR count). The number of rotatable bonds is 3. The molecule has 0 unspecified atom stereocenters. The second-order valence-electron chi connectivity index (χ2n) is 7.34. The van der Waals surface area contributed by atoms with E-state index in [0.717, 1.165) is 64.7 Å². The fourth-order valence-electron chi connectivity index (χ4n) is 4.10. The Balaban J connectivity index is 0.000000659. The molecule has 0 radical (unpaired) electrons. The number of likely N-dealkylation sites (tertiary alicyclic amines) is 1. The van der Waals surface area contributed by atoms with Crippen LogP contribution in [0.2, 0.25) is 0 Å². The molecule has 3 aliphatic heterocycles. The number of amides is 1. The number of piperidine rings is 1. The third-order valence-corrected chi connectivity index (χ3v) is 5.61. The predicted octanol–water partition coefficient (Wildman–Crippen LogP) is 0.529. The molecular formula is C19H28N4O4. The molecule has 8 nitrogen and oxygen atoms in total. The van der Waals surface area contributed by atoms with Gasteiger partial charge in [0.25, 0.3) is 6.47 Å². The maximum absolute atomic E-state index is 12.3. The van der Waals surface area contributed by atoms with E-state index >= 15 is 0 Å². The van der Waals surface area contributed by atoms with Crippen LogP contribution in [0.4, 0.5) is 5.82 Å². The first-order chi connectivity index (χ1) is 13.1. The van der Waals surface area contributed by atoms with Gasteiger partial charge in [-0.3, -0.25) is 14.5 Å². The van der Waals surface area contributed by atoms with Gasteiger partial charge in [-0.05, 0) is 24.0 Å². The molecule has 0 bridgehead atoms. The lowest BCUT2D eigenvalue weighted by Gasteiger charge is -2.30. The van der Waals surface area contributed by atoms with Crippen LogP contribution < -0.4 is 4.90 Å². The minimum Gasteiger partial charge on any atom is -0.483 e. The Morgan fingerprint density at radius 3 is 2.67 bits per heavy atom. The molecule has 1 N–H and O–H groups in total. The highest BCUT2D eigenvalue weighted by Crippen LogP contribution is 2.33. The molecule has 3 saturated heterocycles. The van der Waals surface area contributed by atoms with Crippen LogP contribution in [0.5, 0.6) is 0 Å². The summed E-state index contributed by atoms with van der Waals surface area (Å²) in [7, 11) is 1.92. The van der Waals surface area contributed by atoms with E-state index in [-0.39, 0.29) is 12.4 Å². The molecule has 8 heteroatoms. The van der Waals surface area contributed by atoms with E-state index in [1.165, 1.54) is 5.56 Å². The normalized spacial score (nSPS) is 25.6. The molecule has 0 spiro atoms. The number of pyridine rings is 1. The number of carbonyl (C=O) groups is 2. The monoisotopic (exact) mass is 376 g/mol. The van der Waals surface area contributed by atoms with Crippen molar-refractivity contribution in [1.29, 1.82) is 0 Å². The van der Waals surface area contributed by atoms with Crippen LogP contribution in [0, 0.1) is 11.8 Å². The summed E-state index contributed by atoms with van der Waals surface area (Å²) in [5.74, 6) is 1.95. The zero-order chi connectivity index (χ0) is 19.2. The Labute approximate surface area is 159 Å². The van der Waals surface area contributed by atoms with Gasteiger partial charge < -0.3 is 19.6 Å². The van der Waals surface area contributed by atoms with E-state index in [1.807, 2.05) is 18.1 Å². The molecule has 148 valence electrons. The van der Waals surface area contributed by atoms with E-state index < -0.39 is 0 Å². The van der Waals surface area contributed by atoms with Crippen molar-refractivity contribution in [3.05, 3.63) is 23.9 Å². The minimum atomic E-state index is -0.250. The summed E-state index contributed by atoms with van der Waals surface area (Å²) in [6.07, 6.45) is 3.10. The van der Waals surface area contributed by atoms with Gasteiger partial charge in [-0.2, -0.15) is 0 Å². The third kappa shape index (κ3) is 4.75. The van der Waals surface area contributed by atoms with Gasteiger partial charge in [0.05, 0.1) is 19.1 Å². The van der Waals surface area contributed by atoms with Crippen molar-refractivity contribution in [3.8, 4) is 0 Å². The predicted molar refractivity (Wildman–Crippen MR) is 100 cm³/mol. The second kappa shape index (κ2) is 9.14. The number of carboxylic acid groups (broad SMARTS) is 1. The quantitative estimate of drug-likeness (QED) is 0.770. The van der Waals surface area contributed by atoms with E-state index in [0.29, 0.717) is 11.8 Å². The molecule has 0 aliphatic carbocycles. The van der Waals surface area contributed by atoms with Crippen molar-refractivity contribution in [3.63, 3.8) is 0 Å². The zero-order valence-corrected chi connectivity index (χ0v) is 15.8. The van der Waals surface area contributed by atoms with Crippen molar-refractivity contribution in [2.75, 3.05) is 57.9 Å².